The van der Waals surface area contributed by atoms with Gasteiger partial charge in [0.2, 0.25) is 0 Å². The molecule has 2 aromatic rings. The molecule has 5 heteroatoms. The molecule has 3 rings (SSSR count). The Balaban J connectivity index is 1.71. The van der Waals surface area contributed by atoms with Gasteiger partial charge in [-0.15, -0.1) is 0 Å². The first kappa shape index (κ1) is 22.3. The number of esters is 1. The van der Waals surface area contributed by atoms with Crippen molar-refractivity contribution in [2.24, 2.45) is 5.92 Å². The molecule has 1 aromatic carbocycles. The van der Waals surface area contributed by atoms with Crippen LogP contribution in [0.15, 0.2) is 36.5 Å². The number of carbonyl (C=O) groups excluding carboxylic acids is 1. The maximum atomic E-state index is 12.7. The average molecular weight is 411 g/mol. The van der Waals surface area contributed by atoms with E-state index in [2.05, 4.69) is 10.3 Å². The molecule has 1 aliphatic rings. The minimum Gasteiger partial charge on any atom is -0.493 e. The number of nitrogens with zero attached hydrogens (tertiary/aromatic N) is 1. The van der Waals surface area contributed by atoms with Gasteiger partial charge in [-0.2, -0.15) is 0 Å². The Morgan fingerprint density at radius 3 is 2.60 bits per heavy atom. The number of nitrogens with one attached hydrogen (secondary N) is 1. The number of piperidine rings is 1. The topological polar surface area (TPSA) is 60.5 Å². The first-order valence-corrected chi connectivity index (χ1v) is 11.0. The van der Waals surface area contributed by atoms with Gasteiger partial charge in [0.15, 0.2) is 5.69 Å². The molecule has 0 spiro atoms. The van der Waals surface area contributed by atoms with Gasteiger partial charge in [-0.3, -0.25) is 0 Å². The molecule has 0 saturated carbocycles. The SMILES string of the molecule is Cc1c(OCCCC2CCNCC2)cccc1-c1cccnc1C(=O)OC(C)(C)C. The molecule has 0 aliphatic carbocycles. The zero-order chi connectivity index (χ0) is 21.6. The Kier molecular flexibility index (Phi) is 7.48. The van der Waals surface area contributed by atoms with E-state index in [1.54, 1.807) is 6.20 Å². The Labute approximate surface area is 180 Å². The van der Waals surface area contributed by atoms with E-state index >= 15 is 0 Å². The van der Waals surface area contributed by atoms with Gasteiger partial charge >= 0.3 is 5.97 Å². The van der Waals surface area contributed by atoms with E-state index in [9.17, 15) is 4.79 Å². The van der Waals surface area contributed by atoms with Crippen LogP contribution in [0.2, 0.25) is 0 Å². The summed E-state index contributed by atoms with van der Waals surface area (Å²) in [4.78, 5) is 17.0. The normalized spacial score (nSPS) is 15.1. The summed E-state index contributed by atoms with van der Waals surface area (Å²) in [5, 5.41) is 3.42. The molecule has 0 unspecified atom stereocenters. The van der Waals surface area contributed by atoms with Gasteiger partial charge in [0.1, 0.15) is 11.4 Å². The van der Waals surface area contributed by atoms with Crippen LogP contribution in [-0.2, 0) is 4.74 Å². The largest absolute Gasteiger partial charge is 0.493 e. The van der Waals surface area contributed by atoms with E-state index in [-0.39, 0.29) is 0 Å². The van der Waals surface area contributed by atoms with Gasteiger partial charge in [0, 0.05) is 11.8 Å². The maximum Gasteiger partial charge on any atom is 0.358 e. The number of carbonyl (C=O) groups is 1. The number of ether oxygens (including phenoxy) is 2. The summed E-state index contributed by atoms with van der Waals surface area (Å²) in [6.07, 6.45) is 6.43. The number of hydrogen-bond donors (Lipinski definition) is 1. The molecule has 5 nitrogen and oxygen atoms in total. The Morgan fingerprint density at radius 1 is 1.13 bits per heavy atom. The highest BCUT2D eigenvalue weighted by molar-refractivity contribution is 5.96. The molecule has 0 amide bonds. The number of rotatable bonds is 7. The summed E-state index contributed by atoms with van der Waals surface area (Å²) in [5.74, 6) is 1.26. The van der Waals surface area contributed by atoms with Crippen LogP contribution in [0.3, 0.4) is 0 Å². The smallest absolute Gasteiger partial charge is 0.358 e. The molecule has 1 aliphatic heterocycles. The van der Waals surface area contributed by atoms with E-state index in [0.29, 0.717) is 12.3 Å². The van der Waals surface area contributed by atoms with Crippen molar-refractivity contribution in [3.8, 4) is 16.9 Å². The molecular formula is C25H34N2O3. The molecule has 1 aromatic heterocycles. The van der Waals surface area contributed by atoms with Crippen molar-refractivity contribution in [2.45, 2.75) is 59.0 Å². The highest BCUT2D eigenvalue weighted by atomic mass is 16.6. The molecule has 1 fully saturated rings. The highest BCUT2D eigenvalue weighted by Crippen LogP contribution is 2.32. The second-order valence-electron chi connectivity index (χ2n) is 9.01. The third-order valence-electron chi connectivity index (χ3n) is 5.45. The van der Waals surface area contributed by atoms with Crippen LogP contribution < -0.4 is 10.1 Å². The molecule has 162 valence electrons. The van der Waals surface area contributed by atoms with Gasteiger partial charge in [-0.25, -0.2) is 9.78 Å². The predicted octanol–water partition coefficient (Wildman–Crippen LogP) is 5.17. The lowest BCUT2D eigenvalue weighted by Crippen LogP contribution is -2.27. The second kappa shape index (κ2) is 10.1. The van der Waals surface area contributed by atoms with Crippen LogP contribution in [0, 0.1) is 12.8 Å². The van der Waals surface area contributed by atoms with E-state index in [1.807, 2.05) is 58.0 Å². The zero-order valence-corrected chi connectivity index (χ0v) is 18.7. The van der Waals surface area contributed by atoms with Crippen molar-refractivity contribution in [3.05, 3.63) is 47.8 Å². The van der Waals surface area contributed by atoms with Crippen LogP contribution in [0.4, 0.5) is 0 Å². The summed E-state index contributed by atoms with van der Waals surface area (Å²) in [5.41, 5.74) is 2.49. The average Bonchev–Trinajstić information content (AvgIpc) is 2.72. The lowest BCUT2D eigenvalue weighted by molar-refractivity contribution is 0.00638. The molecule has 0 radical (unpaired) electrons. The van der Waals surface area contributed by atoms with Crippen molar-refractivity contribution < 1.29 is 14.3 Å². The second-order valence-corrected chi connectivity index (χ2v) is 9.01. The fourth-order valence-electron chi connectivity index (χ4n) is 3.90. The number of hydrogen-bond acceptors (Lipinski definition) is 5. The third kappa shape index (κ3) is 6.05. The molecule has 0 atom stereocenters. The van der Waals surface area contributed by atoms with Crippen LogP contribution >= 0.6 is 0 Å². The van der Waals surface area contributed by atoms with Crippen molar-refractivity contribution in [1.29, 1.82) is 0 Å². The lowest BCUT2D eigenvalue weighted by atomic mass is 9.93. The molecule has 1 N–H and O–H groups in total. The summed E-state index contributed by atoms with van der Waals surface area (Å²) < 4.78 is 11.7. The zero-order valence-electron chi connectivity index (χ0n) is 18.7. The monoisotopic (exact) mass is 410 g/mol. The first-order chi connectivity index (χ1) is 14.3. The van der Waals surface area contributed by atoms with Gasteiger partial charge in [0.25, 0.3) is 0 Å². The first-order valence-electron chi connectivity index (χ1n) is 11.0. The molecule has 2 heterocycles. The summed E-state index contributed by atoms with van der Waals surface area (Å²) >= 11 is 0. The van der Waals surface area contributed by atoms with Crippen molar-refractivity contribution in [2.75, 3.05) is 19.7 Å². The Morgan fingerprint density at radius 2 is 1.87 bits per heavy atom. The Bertz CT molecular complexity index is 852. The van der Waals surface area contributed by atoms with Gasteiger partial charge in [-0.05, 0) is 95.6 Å². The van der Waals surface area contributed by atoms with Gasteiger partial charge in [-0.1, -0.05) is 18.2 Å². The lowest BCUT2D eigenvalue weighted by Gasteiger charge is -2.22. The minimum atomic E-state index is -0.569. The van der Waals surface area contributed by atoms with Crippen molar-refractivity contribution >= 4 is 5.97 Å². The molecular weight excluding hydrogens is 376 g/mol. The molecule has 1 saturated heterocycles. The van der Waals surface area contributed by atoms with Crippen molar-refractivity contribution in [1.82, 2.24) is 10.3 Å². The van der Waals surface area contributed by atoms with Crippen LogP contribution in [0.25, 0.3) is 11.1 Å². The summed E-state index contributed by atoms with van der Waals surface area (Å²) in [6.45, 7) is 10.6. The predicted molar refractivity (Wildman–Crippen MR) is 120 cm³/mol. The number of aromatic nitrogens is 1. The van der Waals surface area contributed by atoms with Crippen LogP contribution in [0.5, 0.6) is 5.75 Å². The van der Waals surface area contributed by atoms with E-state index < -0.39 is 11.6 Å². The quantitative estimate of drug-likeness (QED) is 0.504. The third-order valence-corrected chi connectivity index (χ3v) is 5.45. The van der Waals surface area contributed by atoms with Gasteiger partial charge in [0.05, 0.1) is 6.61 Å². The summed E-state index contributed by atoms with van der Waals surface area (Å²) in [7, 11) is 0. The van der Waals surface area contributed by atoms with E-state index in [4.69, 9.17) is 9.47 Å². The van der Waals surface area contributed by atoms with Crippen molar-refractivity contribution in [3.63, 3.8) is 0 Å². The number of benzene rings is 1. The Hall–Kier alpha value is -2.40. The number of pyridine rings is 1. The fourth-order valence-corrected chi connectivity index (χ4v) is 3.90. The van der Waals surface area contributed by atoms with Gasteiger partial charge < -0.3 is 14.8 Å². The van der Waals surface area contributed by atoms with E-state index in [0.717, 1.165) is 47.9 Å². The van der Waals surface area contributed by atoms with Crippen LogP contribution in [0.1, 0.15) is 62.5 Å². The highest BCUT2D eigenvalue weighted by Gasteiger charge is 2.23. The van der Waals surface area contributed by atoms with Crippen LogP contribution in [-0.4, -0.2) is 36.3 Å². The fraction of sp³-hybridized carbons (Fsp3) is 0.520. The molecule has 0 bridgehead atoms. The maximum absolute atomic E-state index is 12.7. The van der Waals surface area contributed by atoms with E-state index in [1.165, 1.54) is 19.3 Å². The molecule has 30 heavy (non-hydrogen) atoms. The minimum absolute atomic E-state index is 0.332. The summed E-state index contributed by atoms with van der Waals surface area (Å²) in [6, 6.07) is 9.72. The standard InChI is InChI=1S/C25H34N2O3/c1-18-20(21-10-6-14-27-23(21)24(28)30-25(2,3)4)9-5-11-22(18)29-17-7-8-19-12-15-26-16-13-19/h5-6,9-11,14,19,26H,7-8,12-13,15-17H2,1-4H3.